The van der Waals surface area contributed by atoms with E-state index in [1.54, 1.807) is 4.90 Å². The molecular weight excluding hydrogens is 358 g/mol. The molecule has 0 radical (unpaired) electrons. The van der Waals surface area contributed by atoms with E-state index in [-0.39, 0.29) is 18.5 Å². The summed E-state index contributed by atoms with van der Waals surface area (Å²) in [4.78, 5) is 36.7. The Morgan fingerprint density at radius 1 is 1.18 bits per heavy atom. The number of urea groups is 1. The molecule has 8 heteroatoms. The Morgan fingerprint density at radius 3 is 2.75 bits per heavy atom. The van der Waals surface area contributed by atoms with Crippen molar-refractivity contribution in [1.29, 1.82) is 0 Å². The van der Waals surface area contributed by atoms with E-state index in [2.05, 4.69) is 10.3 Å². The predicted molar refractivity (Wildman–Crippen MR) is 104 cm³/mol. The molecule has 0 unspecified atom stereocenters. The van der Waals surface area contributed by atoms with E-state index in [4.69, 9.17) is 10.1 Å². The minimum atomic E-state index is -0.719. The molecular formula is C20H29N5O3. The molecule has 2 amide bonds. The molecule has 3 aliphatic rings. The number of fused-ring (bicyclic) bond motifs is 1. The molecule has 2 aliphatic heterocycles. The van der Waals surface area contributed by atoms with E-state index >= 15 is 0 Å². The molecule has 152 valence electrons. The number of amides is 2. The number of aliphatic carboxylic acids is 1. The number of anilines is 1. The third kappa shape index (κ3) is 4.11. The molecule has 2 fully saturated rings. The van der Waals surface area contributed by atoms with Crippen LogP contribution in [0, 0.1) is 5.92 Å². The number of carboxylic acids is 1. The smallest absolute Gasteiger partial charge is 0.327 e. The Labute approximate surface area is 165 Å². The van der Waals surface area contributed by atoms with Gasteiger partial charge in [0.15, 0.2) is 0 Å². The molecule has 3 heterocycles. The number of nitrogens with zero attached hydrogens (tertiary/aromatic N) is 4. The highest BCUT2D eigenvalue weighted by molar-refractivity contribution is 5.92. The van der Waals surface area contributed by atoms with Crippen LogP contribution in [0.1, 0.15) is 49.8 Å². The molecule has 1 saturated heterocycles. The number of carboxylic acid groups (broad SMARTS) is 1. The zero-order valence-corrected chi connectivity index (χ0v) is 16.3. The van der Waals surface area contributed by atoms with Crippen molar-refractivity contribution in [2.45, 2.75) is 57.4 Å². The van der Waals surface area contributed by atoms with Crippen molar-refractivity contribution in [2.75, 3.05) is 31.1 Å². The quantitative estimate of drug-likeness (QED) is 0.800. The van der Waals surface area contributed by atoms with E-state index in [0.29, 0.717) is 25.0 Å². The Balaban J connectivity index is 1.37. The number of aromatic nitrogens is 2. The number of hydrogen-bond donors (Lipinski definition) is 2. The van der Waals surface area contributed by atoms with Crippen molar-refractivity contribution in [3.8, 4) is 0 Å². The average molecular weight is 387 g/mol. The van der Waals surface area contributed by atoms with Crippen LogP contribution in [0.25, 0.3) is 0 Å². The lowest BCUT2D eigenvalue weighted by Crippen LogP contribution is -2.41. The molecule has 1 saturated carbocycles. The molecule has 4 rings (SSSR count). The second kappa shape index (κ2) is 8.43. The van der Waals surface area contributed by atoms with Crippen molar-refractivity contribution in [1.82, 2.24) is 20.2 Å². The molecule has 1 aliphatic carbocycles. The zero-order chi connectivity index (χ0) is 19.5. The molecule has 0 atom stereocenters. The number of carbonyl (C=O) groups excluding carboxylic acids is 1. The van der Waals surface area contributed by atoms with Gasteiger partial charge in [0, 0.05) is 44.7 Å². The minimum Gasteiger partial charge on any atom is -0.481 e. The number of nitrogens with one attached hydrogen (secondary N) is 1. The van der Waals surface area contributed by atoms with E-state index in [1.165, 1.54) is 5.56 Å². The standard InChI is InChI=1S/C20H29N5O3/c26-18(27)6-3-14-1-4-16(5-2-14)24-11-12-25(20(24)28)19-22-13-15-7-9-21-10-8-17(15)23-19/h13-14,16,21H,1-12H2,(H,26,27)/t14-,16-. The van der Waals surface area contributed by atoms with Gasteiger partial charge in [-0.1, -0.05) is 0 Å². The fourth-order valence-corrected chi connectivity index (χ4v) is 4.69. The van der Waals surface area contributed by atoms with Gasteiger partial charge in [-0.2, -0.15) is 0 Å². The molecule has 0 spiro atoms. The second-order valence-corrected chi connectivity index (χ2v) is 8.13. The van der Waals surface area contributed by atoms with Crippen LogP contribution in [-0.2, 0) is 17.6 Å². The first-order chi connectivity index (χ1) is 13.6. The molecule has 28 heavy (non-hydrogen) atoms. The minimum absolute atomic E-state index is 0.0145. The van der Waals surface area contributed by atoms with Gasteiger partial charge in [-0.25, -0.2) is 14.8 Å². The van der Waals surface area contributed by atoms with Gasteiger partial charge in [0.05, 0.1) is 5.69 Å². The lowest BCUT2D eigenvalue weighted by molar-refractivity contribution is -0.137. The SMILES string of the molecule is O=C(O)CC[C@H]1CC[C@H](N2CCN(c3ncc4c(n3)CCNCC4)C2=O)CC1. The zero-order valence-electron chi connectivity index (χ0n) is 16.3. The van der Waals surface area contributed by atoms with Gasteiger partial charge in [0.1, 0.15) is 0 Å². The predicted octanol–water partition coefficient (Wildman–Crippen LogP) is 1.83. The topological polar surface area (TPSA) is 98.7 Å². The Kier molecular flexibility index (Phi) is 5.75. The fourth-order valence-electron chi connectivity index (χ4n) is 4.69. The van der Waals surface area contributed by atoms with E-state index < -0.39 is 5.97 Å². The molecule has 0 aromatic carbocycles. The summed E-state index contributed by atoms with van der Waals surface area (Å²) >= 11 is 0. The molecule has 1 aromatic rings. The van der Waals surface area contributed by atoms with Crippen molar-refractivity contribution >= 4 is 17.9 Å². The maximum Gasteiger partial charge on any atom is 0.327 e. The van der Waals surface area contributed by atoms with Gasteiger partial charge >= 0.3 is 12.0 Å². The second-order valence-electron chi connectivity index (χ2n) is 8.13. The van der Waals surface area contributed by atoms with Gasteiger partial charge in [-0.3, -0.25) is 9.69 Å². The Morgan fingerprint density at radius 2 is 1.96 bits per heavy atom. The summed E-state index contributed by atoms with van der Waals surface area (Å²) in [6, 6.07) is 0.268. The summed E-state index contributed by atoms with van der Waals surface area (Å²) in [7, 11) is 0. The highest BCUT2D eigenvalue weighted by atomic mass is 16.4. The van der Waals surface area contributed by atoms with Gasteiger partial charge in [-0.05, 0) is 56.6 Å². The van der Waals surface area contributed by atoms with E-state index in [9.17, 15) is 9.59 Å². The third-order valence-corrected chi connectivity index (χ3v) is 6.36. The molecule has 8 nitrogen and oxygen atoms in total. The molecule has 1 aromatic heterocycles. The van der Waals surface area contributed by atoms with E-state index in [0.717, 1.165) is 63.7 Å². The number of hydrogen-bond acceptors (Lipinski definition) is 5. The van der Waals surface area contributed by atoms with E-state index in [1.807, 2.05) is 11.1 Å². The van der Waals surface area contributed by atoms with Crippen LogP contribution < -0.4 is 10.2 Å². The van der Waals surface area contributed by atoms with Crippen LogP contribution in [0.15, 0.2) is 6.20 Å². The van der Waals surface area contributed by atoms with Crippen LogP contribution in [0.3, 0.4) is 0 Å². The molecule has 0 bridgehead atoms. The highest BCUT2D eigenvalue weighted by Crippen LogP contribution is 2.32. The summed E-state index contributed by atoms with van der Waals surface area (Å²) in [5, 5.41) is 12.2. The van der Waals surface area contributed by atoms with Crippen LogP contribution >= 0.6 is 0 Å². The van der Waals surface area contributed by atoms with Crippen molar-refractivity contribution in [2.24, 2.45) is 5.92 Å². The summed E-state index contributed by atoms with van der Waals surface area (Å²) in [6.45, 7) is 3.20. The fraction of sp³-hybridized carbons (Fsp3) is 0.700. The first-order valence-corrected chi connectivity index (χ1v) is 10.5. The van der Waals surface area contributed by atoms with Crippen LogP contribution in [0.2, 0.25) is 0 Å². The first kappa shape index (κ1) is 19.1. The average Bonchev–Trinajstić information content (AvgIpc) is 2.93. The lowest BCUT2D eigenvalue weighted by Gasteiger charge is -2.34. The molecule has 2 N–H and O–H groups in total. The summed E-state index contributed by atoms with van der Waals surface area (Å²) < 4.78 is 0. The summed E-state index contributed by atoms with van der Waals surface area (Å²) in [6.07, 6.45) is 8.61. The number of carbonyl (C=O) groups is 2. The summed E-state index contributed by atoms with van der Waals surface area (Å²) in [5.74, 6) is 0.287. The van der Waals surface area contributed by atoms with Gasteiger partial charge in [-0.15, -0.1) is 0 Å². The summed E-state index contributed by atoms with van der Waals surface area (Å²) in [5.41, 5.74) is 2.23. The Hall–Kier alpha value is -2.22. The third-order valence-electron chi connectivity index (χ3n) is 6.36. The van der Waals surface area contributed by atoms with Gasteiger partial charge in [0.2, 0.25) is 5.95 Å². The maximum absolute atomic E-state index is 13.0. The highest BCUT2D eigenvalue weighted by Gasteiger charge is 2.37. The van der Waals surface area contributed by atoms with Gasteiger partial charge < -0.3 is 15.3 Å². The normalized spacial score (nSPS) is 25.5. The largest absolute Gasteiger partial charge is 0.481 e. The maximum atomic E-state index is 13.0. The van der Waals surface area contributed by atoms with Gasteiger partial charge in [0.25, 0.3) is 0 Å². The number of rotatable bonds is 5. The van der Waals surface area contributed by atoms with Crippen LogP contribution in [0.5, 0.6) is 0 Å². The monoisotopic (exact) mass is 387 g/mol. The lowest BCUT2D eigenvalue weighted by atomic mass is 9.83. The van der Waals surface area contributed by atoms with Crippen LogP contribution in [-0.4, -0.2) is 64.2 Å². The van der Waals surface area contributed by atoms with Crippen LogP contribution in [0.4, 0.5) is 10.7 Å². The van der Waals surface area contributed by atoms with Crippen molar-refractivity contribution in [3.05, 3.63) is 17.5 Å². The van der Waals surface area contributed by atoms with Crippen molar-refractivity contribution in [3.63, 3.8) is 0 Å². The first-order valence-electron chi connectivity index (χ1n) is 10.5. The van der Waals surface area contributed by atoms with Crippen molar-refractivity contribution < 1.29 is 14.7 Å². The Bertz CT molecular complexity index is 733.